The third kappa shape index (κ3) is 3.73. The quantitative estimate of drug-likeness (QED) is 0.885. The van der Waals surface area contributed by atoms with Crippen LogP contribution in [0.1, 0.15) is 45.2 Å². The molecular weight excluding hydrogens is 300 g/mol. The van der Waals surface area contributed by atoms with Crippen LogP contribution in [0.15, 0.2) is 22.7 Å². The van der Waals surface area contributed by atoms with Gasteiger partial charge in [-0.25, -0.2) is 0 Å². The van der Waals surface area contributed by atoms with Crippen molar-refractivity contribution in [2.75, 3.05) is 24.5 Å². The van der Waals surface area contributed by atoms with Crippen LogP contribution >= 0.6 is 15.9 Å². The molecule has 1 fully saturated rings. The first kappa shape index (κ1) is 14.9. The van der Waals surface area contributed by atoms with E-state index in [1.807, 2.05) is 0 Å². The predicted octanol–water partition coefficient (Wildman–Crippen LogP) is 4.36. The highest BCUT2D eigenvalue weighted by atomic mass is 79.9. The summed E-state index contributed by atoms with van der Waals surface area (Å²) < 4.78 is 1.17. The molecule has 0 saturated carbocycles. The molecule has 1 saturated heterocycles. The number of hydrogen-bond acceptors (Lipinski definition) is 2. The second-order valence-electron chi connectivity index (χ2n) is 5.68. The van der Waals surface area contributed by atoms with E-state index in [9.17, 15) is 0 Å². The van der Waals surface area contributed by atoms with Gasteiger partial charge in [0.2, 0.25) is 0 Å². The minimum absolute atomic E-state index is 0.408. The number of anilines is 1. The van der Waals surface area contributed by atoms with Gasteiger partial charge in [0.05, 0.1) is 0 Å². The second kappa shape index (κ2) is 6.76. The van der Waals surface area contributed by atoms with Crippen LogP contribution in [0.2, 0.25) is 0 Å². The van der Waals surface area contributed by atoms with E-state index < -0.39 is 0 Å². The van der Waals surface area contributed by atoms with Gasteiger partial charge in [-0.15, -0.1) is 0 Å². The van der Waals surface area contributed by atoms with Gasteiger partial charge in [0.25, 0.3) is 0 Å². The summed E-state index contributed by atoms with van der Waals surface area (Å²) in [6.07, 6.45) is 2.67. The normalized spacial score (nSPS) is 21.5. The fourth-order valence-electron chi connectivity index (χ4n) is 2.98. The summed E-state index contributed by atoms with van der Waals surface area (Å²) in [5.74, 6) is 0.801. The lowest BCUT2D eigenvalue weighted by Crippen LogP contribution is -2.35. The molecule has 1 aliphatic rings. The molecule has 106 valence electrons. The van der Waals surface area contributed by atoms with Crippen molar-refractivity contribution >= 4 is 21.6 Å². The van der Waals surface area contributed by atoms with Gasteiger partial charge in [0.1, 0.15) is 0 Å². The molecule has 1 aromatic carbocycles. The lowest BCUT2D eigenvalue weighted by Gasteiger charge is -2.35. The number of nitrogens with zero attached hydrogens (tertiary/aromatic N) is 1. The first-order valence-electron chi connectivity index (χ1n) is 7.39. The molecular formula is C16H25BrN2. The van der Waals surface area contributed by atoms with Gasteiger partial charge in [0.15, 0.2) is 0 Å². The van der Waals surface area contributed by atoms with Crippen molar-refractivity contribution in [1.29, 1.82) is 0 Å². The zero-order valence-corrected chi connectivity index (χ0v) is 13.8. The molecule has 2 rings (SSSR count). The van der Waals surface area contributed by atoms with Gasteiger partial charge in [-0.05, 0) is 49.9 Å². The lowest BCUT2D eigenvalue weighted by atomic mass is 9.97. The molecule has 2 atom stereocenters. The molecule has 1 aromatic rings. The summed E-state index contributed by atoms with van der Waals surface area (Å²) in [7, 11) is 0. The summed E-state index contributed by atoms with van der Waals surface area (Å²) in [6, 6.07) is 7.10. The van der Waals surface area contributed by atoms with Crippen molar-refractivity contribution in [2.45, 2.75) is 39.7 Å². The lowest BCUT2D eigenvalue weighted by molar-refractivity contribution is 0.445. The van der Waals surface area contributed by atoms with Gasteiger partial charge >= 0.3 is 0 Å². The van der Waals surface area contributed by atoms with E-state index in [0.29, 0.717) is 6.04 Å². The molecule has 1 heterocycles. The maximum atomic E-state index is 3.62. The Morgan fingerprint density at radius 2 is 2.26 bits per heavy atom. The van der Waals surface area contributed by atoms with E-state index in [0.717, 1.165) is 12.5 Å². The third-order valence-corrected chi connectivity index (χ3v) is 4.46. The molecule has 0 aromatic heterocycles. The Morgan fingerprint density at radius 1 is 1.47 bits per heavy atom. The number of nitrogens with one attached hydrogen (secondary N) is 1. The van der Waals surface area contributed by atoms with Crippen LogP contribution in [0.4, 0.5) is 5.69 Å². The average molecular weight is 325 g/mol. The Bertz CT molecular complexity index is 419. The SMILES string of the molecule is CCNC(C)c1ccc(Br)cc1N1CCCC(C)C1. The highest BCUT2D eigenvalue weighted by Crippen LogP contribution is 2.32. The van der Waals surface area contributed by atoms with Crippen LogP contribution in [0.3, 0.4) is 0 Å². The first-order chi connectivity index (χ1) is 9.11. The standard InChI is InChI=1S/C16H25BrN2/c1-4-18-13(3)15-8-7-14(17)10-16(15)19-9-5-6-12(2)11-19/h7-8,10,12-13,18H,4-6,9,11H2,1-3H3. The topological polar surface area (TPSA) is 15.3 Å². The van der Waals surface area contributed by atoms with E-state index in [1.165, 1.54) is 41.7 Å². The highest BCUT2D eigenvalue weighted by molar-refractivity contribution is 9.10. The molecule has 2 unspecified atom stereocenters. The van der Waals surface area contributed by atoms with Gasteiger partial charge in [-0.2, -0.15) is 0 Å². The number of rotatable bonds is 4. The van der Waals surface area contributed by atoms with Crippen molar-refractivity contribution < 1.29 is 0 Å². The van der Waals surface area contributed by atoms with Crippen LogP contribution in [0.25, 0.3) is 0 Å². The highest BCUT2D eigenvalue weighted by Gasteiger charge is 2.20. The molecule has 0 bridgehead atoms. The average Bonchev–Trinajstić information content (AvgIpc) is 2.39. The molecule has 19 heavy (non-hydrogen) atoms. The van der Waals surface area contributed by atoms with Gasteiger partial charge in [-0.3, -0.25) is 0 Å². The third-order valence-electron chi connectivity index (χ3n) is 3.97. The summed E-state index contributed by atoms with van der Waals surface area (Å²) in [5, 5.41) is 3.53. The Morgan fingerprint density at radius 3 is 2.95 bits per heavy atom. The van der Waals surface area contributed by atoms with E-state index in [-0.39, 0.29) is 0 Å². The van der Waals surface area contributed by atoms with Crippen LogP contribution in [-0.4, -0.2) is 19.6 Å². The number of piperidine rings is 1. The smallest absolute Gasteiger partial charge is 0.0426 e. The molecule has 3 heteroatoms. The van der Waals surface area contributed by atoms with Gasteiger partial charge < -0.3 is 10.2 Å². The zero-order valence-electron chi connectivity index (χ0n) is 12.2. The summed E-state index contributed by atoms with van der Waals surface area (Å²) in [4.78, 5) is 2.56. The van der Waals surface area contributed by atoms with Crippen molar-refractivity contribution in [2.24, 2.45) is 5.92 Å². The molecule has 0 amide bonds. The zero-order chi connectivity index (χ0) is 13.8. The van der Waals surface area contributed by atoms with Crippen LogP contribution < -0.4 is 10.2 Å². The molecule has 0 spiro atoms. The summed E-state index contributed by atoms with van der Waals surface area (Å²) in [6.45, 7) is 10.2. The number of halogens is 1. The second-order valence-corrected chi connectivity index (χ2v) is 6.59. The van der Waals surface area contributed by atoms with Crippen molar-refractivity contribution in [3.05, 3.63) is 28.2 Å². The van der Waals surface area contributed by atoms with Crippen molar-refractivity contribution in [3.63, 3.8) is 0 Å². The Balaban J connectivity index is 2.28. The number of hydrogen-bond donors (Lipinski definition) is 1. The largest absolute Gasteiger partial charge is 0.371 e. The van der Waals surface area contributed by atoms with E-state index in [2.05, 4.69) is 65.1 Å². The van der Waals surface area contributed by atoms with Crippen LogP contribution in [0, 0.1) is 5.92 Å². The van der Waals surface area contributed by atoms with Crippen LogP contribution in [-0.2, 0) is 0 Å². The monoisotopic (exact) mass is 324 g/mol. The molecule has 0 radical (unpaired) electrons. The van der Waals surface area contributed by atoms with Crippen LogP contribution in [0.5, 0.6) is 0 Å². The fourth-order valence-corrected chi connectivity index (χ4v) is 3.33. The Hall–Kier alpha value is -0.540. The minimum Gasteiger partial charge on any atom is -0.371 e. The van der Waals surface area contributed by atoms with Gasteiger partial charge in [-0.1, -0.05) is 35.8 Å². The fraction of sp³-hybridized carbons (Fsp3) is 0.625. The first-order valence-corrected chi connectivity index (χ1v) is 8.19. The van der Waals surface area contributed by atoms with Crippen molar-refractivity contribution in [1.82, 2.24) is 5.32 Å². The Kier molecular flexibility index (Phi) is 5.28. The predicted molar refractivity (Wildman–Crippen MR) is 86.8 cm³/mol. The molecule has 1 N–H and O–H groups in total. The summed E-state index contributed by atoms with van der Waals surface area (Å²) in [5.41, 5.74) is 2.81. The van der Waals surface area contributed by atoms with E-state index in [4.69, 9.17) is 0 Å². The Labute approximate surface area is 125 Å². The molecule has 2 nitrogen and oxygen atoms in total. The van der Waals surface area contributed by atoms with E-state index >= 15 is 0 Å². The maximum Gasteiger partial charge on any atom is 0.0426 e. The van der Waals surface area contributed by atoms with Crippen molar-refractivity contribution in [3.8, 4) is 0 Å². The molecule has 1 aliphatic heterocycles. The van der Waals surface area contributed by atoms with E-state index in [1.54, 1.807) is 0 Å². The van der Waals surface area contributed by atoms with Gasteiger partial charge in [0, 0.05) is 29.3 Å². The molecule has 0 aliphatic carbocycles. The number of benzene rings is 1. The maximum absolute atomic E-state index is 3.62. The minimum atomic E-state index is 0.408. The summed E-state index contributed by atoms with van der Waals surface area (Å²) >= 11 is 3.62.